The molecule has 0 unspecified atom stereocenters. The van der Waals surface area contributed by atoms with Crippen molar-refractivity contribution in [2.75, 3.05) is 32.2 Å². The Hall–Kier alpha value is -1.36. The van der Waals surface area contributed by atoms with Gasteiger partial charge in [-0.15, -0.1) is 0 Å². The number of guanidine groups is 1. The normalized spacial score (nSPS) is 11.3. The zero-order valence-electron chi connectivity index (χ0n) is 13.3. The first-order valence-electron chi connectivity index (χ1n) is 7.44. The van der Waals surface area contributed by atoms with Gasteiger partial charge in [0.25, 0.3) is 0 Å². The second-order valence-corrected chi connectivity index (χ2v) is 5.66. The Morgan fingerprint density at radius 1 is 1.19 bits per heavy atom. The van der Waals surface area contributed by atoms with E-state index in [2.05, 4.69) is 28.8 Å². The summed E-state index contributed by atoms with van der Waals surface area (Å²) in [6, 6.07) is 8.02. The molecule has 0 aliphatic carbocycles. The summed E-state index contributed by atoms with van der Waals surface area (Å²) >= 11 is 1.90. The van der Waals surface area contributed by atoms with Crippen LogP contribution < -0.4 is 15.4 Å². The first-order chi connectivity index (χ1) is 10.3. The Morgan fingerprint density at radius 3 is 2.57 bits per heavy atom. The molecule has 0 fully saturated rings. The van der Waals surface area contributed by atoms with Crippen molar-refractivity contribution in [1.29, 1.82) is 0 Å². The molecule has 0 heterocycles. The highest BCUT2D eigenvalue weighted by atomic mass is 32.2. The van der Waals surface area contributed by atoms with E-state index in [1.54, 1.807) is 7.11 Å². The minimum atomic E-state index is 0.671. The van der Waals surface area contributed by atoms with Gasteiger partial charge in [0.15, 0.2) is 5.96 Å². The Balaban J connectivity index is 2.42. The number of hydrogen-bond donors (Lipinski definition) is 2. The van der Waals surface area contributed by atoms with Crippen LogP contribution in [-0.4, -0.2) is 38.2 Å². The van der Waals surface area contributed by atoms with Crippen molar-refractivity contribution in [3.63, 3.8) is 0 Å². The van der Waals surface area contributed by atoms with Gasteiger partial charge in [-0.05, 0) is 49.5 Å². The van der Waals surface area contributed by atoms with Crippen molar-refractivity contribution in [3.05, 3.63) is 29.8 Å². The summed E-state index contributed by atoms with van der Waals surface area (Å²) in [6.45, 7) is 4.59. The van der Waals surface area contributed by atoms with Crippen LogP contribution in [0.2, 0.25) is 0 Å². The van der Waals surface area contributed by atoms with Crippen molar-refractivity contribution < 1.29 is 4.74 Å². The van der Waals surface area contributed by atoms with Crippen LogP contribution in [0.15, 0.2) is 29.3 Å². The van der Waals surface area contributed by atoms with Crippen molar-refractivity contribution in [2.45, 2.75) is 26.3 Å². The molecule has 2 N–H and O–H groups in total. The standard InChI is InChI=1S/C16H27N3OS/c1-4-17-16(18-11-5-6-12-21-3)19-13-14-7-9-15(20-2)10-8-14/h7-10H,4-6,11-13H2,1-3H3,(H2,17,18,19). The Kier molecular flexibility index (Phi) is 9.53. The quantitative estimate of drug-likeness (QED) is 0.418. The first-order valence-corrected chi connectivity index (χ1v) is 8.83. The van der Waals surface area contributed by atoms with E-state index < -0.39 is 0 Å². The second kappa shape index (κ2) is 11.3. The molecule has 1 aromatic carbocycles. The molecule has 0 saturated carbocycles. The summed E-state index contributed by atoms with van der Waals surface area (Å²) in [5, 5.41) is 6.65. The molecule has 0 amide bonds. The van der Waals surface area contributed by atoms with Crippen LogP contribution in [0.5, 0.6) is 5.75 Å². The molecule has 0 radical (unpaired) electrons. The van der Waals surface area contributed by atoms with Gasteiger partial charge in [-0.2, -0.15) is 11.8 Å². The van der Waals surface area contributed by atoms with Crippen molar-refractivity contribution >= 4 is 17.7 Å². The molecule has 21 heavy (non-hydrogen) atoms. The largest absolute Gasteiger partial charge is 0.497 e. The highest BCUT2D eigenvalue weighted by Crippen LogP contribution is 2.11. The number of hydrogen-bond acceptors (Lipinski definition) is 3. The molecular formula is C16H27N3OS. The smallest absolute Gasteiger partial charge is 0.191 e. The fraction of sp³-hybridized carbons (Fsp3) is 0.562. The number of ether oxygens (including phenoxy) is 1. The maximum absolute atomic E-state index is 5.16. The minimum absolute atomic E-state index is 0.671. The number of unbranched alkanes of at least 4 members (excludes halogenated alkanes) is 1. The summed E-state index contributed by atoms with van der Waals surface area (Å²) in [5.74, 6) is 2.99. The summed E-state index contributed by atoms with van der Waals surface area (Å²) in [5.41, 5.74) is 1.18. The van der Waals surface area contributed by atoms with Crippen LogP contribution in [0.1, 0.15) is 25.3 Å². The fourth-order valence-electron chi connectivity index (χ4n) is 1.82. The monoisotopic (exact) mass is 309 g/mol. The lowest BCUT2D eigenvalue weighted by molar-refractivity contribution is 0.414. The van der Waals surface area contributed by atoms with Gasteiger partial charge in [0, 0.05) is 13.1 Å². The molecule has 1 aromatic rings. The maximum Gasteiger partial charge on any atom is 0.191 e. The lowest BCUT2D eigenvalue weighted by atomic mass is 10.2. The number of aliphatic imine (C=N–C) groups is 1. The SMILES string of the molecule is CCNC(=NCc1ccc(OC)cc1)NCCCCSC. The van der Waals surface area contributed by atoms with Crippen molar-refractivity contribution in [3.8, 4) is 5.75 Å². The van der Waals surface area contributed by atoms with Crippen molar-refractivity contribution in [1.82, 2.24) is 10.6 Å². The molecule has 0 saturated heterocycles. The predicted molar refractivity (Wildman–Crippen MR) is 93.4 cm³/mol. The predicted octanol–water partition coefficient (Wildman–Crippen LogP) is 2.89. The third kappa shape index (κ3) is 7.85. The summed E-state index contributed by atoms with van der Waals surface area (Å²) in [4.78, 5) is 4.61. The summed E-state index contributed by atoms with van der Waals surface area (Å²) in [6.07, 6.45) is 4.56. The Labute approximate surface area is 132 Å². The van der Waals surface area contributed by atoms with Gasteiger partial charge in [0.2, 0.25) is 0 Å². The first kappa shape index (κ1) is 17.7. The minimum Gasteiger partial charge on any atom is -0.497 e. The number of benzene rings is 1. The molecule has 0 atom stereocenters. The molecular weight excluding hydrogens is 282 g/mol. The van der Waals surface area contributed by atoms with Gasteiger partial charge in [-0.3, -0.25) is 0 Å². The molecule has 1 rings (SSSR count). The molecule has 0 aliphatic rings. The highest BCUT2D eigenvalue weighted by molar-refractivity contribution is 7.98. The van der Waals surface area contributed by atoms with Crippen LogP contribution in [0, 0.1) is 0 Å². The highest BCUT2D eigenvalue weighted by Gasteiger charge is 1.98. The third-order valence-electron chi connectivity index (χ3n) is 2.99. The molecule has 0 aromatic heterocycles. The Bertz CT molecular complexity index is 406. The van der Waals surface area contributed by atoms with Gasteiger partial charge >= 0.3 is 0 Å². The zero-order chi connectivity index (χ0) is 15.3. The number of methoxy groups -OCH3 is 1. The molecule has 0 spiro atoms. The maximum atomic E-state index is 5.16. The van der Waals surface area contributed by atoms with E-state index >= 15 is 0 Å². The average molecular weight is 309 g/mol. The van der Waals surface area contributed by atoms with Crippen LogP contribution in [0.3, 0.4) is 0 Å². The second-order valence-electron chi connectivity index (χ2n) is 4.67. The molecule has 118 valence electrons. The molecule has 5 heteroatoms. The van der Waals surface area contributed by atoms with Gasteiger partial charge in [0.05, 0.1) is 13.7 Å². The van der Waals surface area contributed by atoms with Crippen molar-refractivity contribution in [2.24, 2.45) is 4.99 Å². The van der Waals surface area contributed by atoms with Gasteiger partial charge in [-0.25, -0.2) is 4.99 Å². The van der Waals surface area contributed by atoms with E-state index in [-0.39, 0.29) is 0 Å². The van der Waals surface area contributed by atoms with Crippen LogP contribution in [0.4, 0.5) is 0 Å². The lowest BCUT2D eigenvalue weighted by Gasteiger charge is -2.11. The molecule has 0 bridgehead atoms. The van der Waals surface area contributed by atoms with E-state index in [9.17, 15) is 0 Å². The molecule has 4 nitrogen and oxygen atoms in total. The lowest BCUT2D eigenvalue weighted by Crippen LogP contribution is -2.37. The van der Waals surface area contributed by atoms with Gasteiger partial charge < -0.3 is 15.4 Å². The molecule has 0 aliphatic heterocycles. The topological polar surface area (TPSA) is 45.7 Å². The van der Waals surface area contributed by atoms with E-state index in [1.165, 1.54) is 24.2 Å². The van der Waals surface area contributed by atoms with Crippen LogP contribution >= 0.6 is 11.8 Å². The zero-order valence-corrected chi connectivity index (χ0v) is 14.1. The van der Waals surface area contributed by atoms with E-state index in [4.69, 9.17) is 4.74 Å². The van der Waals surface area contributed by atoms with Gasteiger partial charge in [-0.1, -0.05) is 12.1 Å². The average Bonchev–Trinajstić information content (AvgIpc) is 2.52. The number of rotatable bonds is 9. The number of thioether (sulfide) groups is 1. The fourth-order valence-corrected chi connectivity index (χ4v) is 2.31. The van der Waals surface area contributed by atoms with Crippen LogP contribution in [0.25, 0.3) is 0 Å². The van der Waals surface area contributed by atoms with E-state index in [0.717, 1.165) is 24.8 Å². The van der Waals surface area contributed by atoms with E-state index in [0.29, 0.717) is 6.54 Å². The summed E-state index contributed by atoms with van der Waals surface area (Å²) in [7, 11) is 1.68. The van der Waals surface area contributed by atoms with Crippen LogP contribution in [-0.2, 0) is 6.54 Å². The number of nitrogens with one attached hydrogen (secondary N) is 2. The number of nitrogens with zero attached hydrogens (tertiary/aromatic N) is 1. The Morgan fingerprint density at radius 2 is 1.95 bits per heavy atom. The summed E-state index contributed by atoms with van der Waals surface area (Å²) < 4.78 is 5.16. The van der Waals surface area contributed by atoms with Gasteiger partial charge in [0.1, 0.15) is 5.75 Å². The van der Waals surface area contributed by atoms with E-state index in [1.807, 2.05) is 36.0 Å². The third-order valence-corrected chi connectivity index (χ3v) is 3.69.